The molecule has 2 aromatic rings. The number of rotatable bonds is 4. The first-order valence-corrected chi connectivity index (χ1v) is 5.37. The van der Waals surface area contributed by atoms with E-state index in [2.05, 4.69) is 4.98 Å². The molecule has 1 atom stereocenters. The van der Waals surface area contributed by atoms with Gasteiger partial charge in [0.1, 0.15) is 11.9 Å². The number of benzene rings is 1. The van der Waals surface area contributed by atoms with E-state index in [9.17, 15) is 14.7 Å². The van der Waals surface area contributed by atoms with E-state index in [4.69, 9.17) is 0 Å². The van der Waals surface area contributed by atoms with Crippen molar-refractivity contribution in [2.75, 3.05) is 0 Å². The first kappa shape index (κ1) is 11.5. The molecule has 1 aromatic carbocycles. The minimum absolute atomic E-state index is 0.141. The van der Waals surface area contributed by atoms with Gasteiger partial charge in [-0.15, -0.1) is 0 Å². The molecule has 0 aliphatic rings. The Morgan fingerprint density at radius 3 is 2.76 bits per heavy atom. The summed E-state index contributed by atoms with van der Waals surface area (Å²) in [5, 5.41) is 10.4. The van der Waals surface area contributed by atoms with E-state index >= 15 is 0 Å². The molecule has 88 valence electrons. The van der Waals surface area contributed by atoms with Gasteiger partial charge >= 0.3 is 0 Å². The summed E-state index contributed by atoms with van der Waals surface area (Å²) in [5.41, 5.74) is 1.26. The number of hydrogen-bond donors (Lipinski definition) is 2. The molecule has 0 amide bonds. The largest absolute Gasteiger partial charge is 0.384 e. The first-order chi connectivity index (χ1) is 8.09. The van der Waals surface area contributed by atoms with Crippen LogP contribution in [0.25, 0.3) is 10.9 Å². The lowest BCUT2D eigenvalue weighted by molar-refractivity contribution is -0.118. The molecule has 0 radical (unpaired) electrons. The van der Waals surface area contributed by atoms with Gasteiger partial charge in [-0.2, -0.15) is 0 Å². The maximum absolute atomic E-state index is 11.9. The molecule has 0 saturated carbocycles. The second kappa shape index (κ2) is 4.51. The summed E-state index contributed by atoms with van der Waals surface area (Å²) >= 11 is 0. The van der Waals surface area contributed by atoms with E-state index in [1.54, 1.807) is 12.3 Å². The average Bonchev–Trinajstić information content (AvgIpc) is 2.70. The van der Waals surface area contributed by atoms with Crippen LogP contribution in [0, 0.1) is 0 Å². The van der Waals surface area contributed by atoms with Gasteiger partial charge in [-0.1, -0.05) is 18.2 Å². The summed E-state index contributed by atoms with van der Waals surface area (Å²) in [6, 6.07) is 7.34. The van der Waals surface area contributed by atoms with Crippen molar-refractivity contribution in [2.45, 2.75) is 19.4 Å². The number of Topliss-reactive ketones (excluding diaryl/α,β-unsaturated/α-hetero) is 2. The lowest BCUT2D eigenvalue weighted by Crippen LogP contribution is -2.22. The van der Waals surface area contributed by atoms with Crippen molar-refractivity contribution in [3.8, 4) is 0 Å². The van der Waals surface area contributed by atoms with Crippen LogP contribution in [-0.2, 0) is 4.79 Å². The predicted octanol–water partition coefficient (Wildman–Crippen LogP) is 1.69. The van der Waals surface area contributed by atoms with Crippen LogP contribution in [0.3, 0.4) is 0 Å². The van der Waals surface area contributed by atoms with Gasteiger partial charge in [-0.25, -0.2) is 0 Å². The van der Waals surface area contributed by atoms with Crippen LogP contribution in [0.2, 0.25) is 0 Å². The second-order valence-corrected chi connectivity index (χ2v) is 4.03. The summed E-state index contributed by atoms with van der Waals surface area (Å²) in [6.45, 7) is 1.35. The minimum Gasteiger partial charge on any atom is -0.384 e. The molecule has 2 rings (SSSR count). The van der Waals surface area contributed by atoms with Gasteiger partial charge in [0, 0.05) is 29.1 Å². The molecule has 0 bridgehead atoms. The molecule has 1 unspecified atom stereocenters. The third-order valence-electron chi connectivity index (χ3n) is 2.64. The van der Waals surface area contributed by atoms with Gasteiger partial charge in [-0.3, -0.25) is 9.59 Å². The molecular formula is C13H13NO3. The zero-order valence-electron chi connectivity index (χ0n) is 9.43. The third kappa shape index (κ3) is 2.26. The Labute approximate surface area is 98.3 Å². The molecule has 4 nitrogen and oxygen atoms in total. The SMILES string of the molecule is CC(=O)CC(O)C(=O)c1c[nH]c2ccccc12. The normalized spacial score (nSPS) is 12.6. The zero-order chi connectivity index (χ0) is 12.4. The zero-order valence-corrected chi connectivity index (χ0v) is 9.43. The molecule has 17 heavy (non-hydrogen) atoms. The minimum atomic E-state index is -1.26. The highest BCUT2D eigenvalue weighted by Crippen LogP contribution is 2.19. The molecule has 0 spiro atoms. The van der Waals surface area contributed by atoms with Gasteiger partial charge in [0.25, 0.3) is 0 Å². The highest BCUT2D eigenvalue weighted by Gasteiger charge is 2.21. The molecule has 1 aromatic heterocycles. The number of carbonyl (C=O) groups excluding carboxylic acids is 2. The van der Waals surface area contributed by atoms with Crippen molar-refractivity contribution in [3.05, 3.63) is 36.0 Å². The molecule has 0 fully saturated rings. The standard InChI is InChI=1S/C13H13NO3/c1-8(15)6-12(16)13(17)10-7-14-11-5-3-2-4-9(10)11/h2-5,7,12,14,16H,6H2,1H3. The Morgan fingerprint density at radius 1 is 1.35 bits per heavy atom. The van der Waals surface area contributed by atoms with E-state index in [1.807, 2.05) is 18.2 Å². The number of ketones is 2. The Balaban J connectivity index is 2.33. The van der Waals surface area contributed by atoms with Crippen molar-refractivity contribution in [1.82, 2.24) is 4.98 Å². The van der Waals surface area contributed by atoms with Crippen molar-refractivity contribution < 1.29 is 14.7 Å². The molecule has 1 heterocycles. The first-order valence-electron chi connectivity index (χ1n) is 5.37. The summed E-state index contributed by atoms with van der Waals surface area (Å²) < 4.78 is 0. The highest BCUT2D eigenvalue weighted by atomic mass is 16.3. The number of aliphatic hydroxyl groups excluding tert-OH is 1. The fraction of sp³-hybridized carbons (Fsp3) is 0.231. The van der Waals surface area contributed by atoms with Crippen LogP contribution in [0.4, 0.5) is 0 Å². The van der Waals surface area contributed by atoms with Crippen molar-refractivity contribution in [2.24, 2.45) is 0 Å². The molecule has 0 aliphatic carbocycles. The number of H-pyrrole nitrogens is 1. The summed E-state index contributed by atoms with van der Waals surface area (Å²) in [5.74, 6) is -0.622. The molecule has 2 N–H and O–H groups in total. The van der Waals surface area contributed by atoms with Gasteiger partial charge in [0.15, 0.2) is 5.78 Å². The number of nitrogens with one attached hydrogen (secondary N) is 1. The van der Waals surface area contributed by atoms with Crippen LogP contribution in [0.15, 0.2) is 30.5 Å². The fourth-order valence-corrected chi connectivity index (χ4v) is 1.82. The smallest absolute Gasteiger partial charge is 0.193 e. The lowest BCUT2D eigenvalue weighted by atomic mass is 10.0. The van der Waals surface area contributed by atoms with Gasteiger partial charge in [0.2, 0.25) is 0 Å². The number of fused-ring (bicyclic) bond motifs is 1. The molecule has 0 saturated heterocycles. The van der Waals surface area contributed by atoms with E-state index in [0.717, 1.165) is 10.9 Å². The van der Waals surface area contributed by atoms with Gasteiger partial charge in [0.05, 0.1) is 0 Å². The number of hydrogen-bond acceptors (Lipinski definition) is 3. The summed E-state index contributed by atoms with van der Waals surface area (Å²) in [6.07, 6.45) is 0.168. The predicted molar refractivity (Wildman–Crippen MR) is 63.9 cm³/mol. The van der Waals surface area contributed by atoms with Crippen molar-refractivity contribution in [3.63, 3.8) is 0 Å². The van der Waals surface area contributed by atoms with E-state index in [1.165, 1.54) is 6.92 Å². The fourth-order valence-electron chi connectivity index (χ4n) is 1.82. The van der Waals surface area contributed by atoms with E-state index in [0.29, 0.717) is 5.56 Å². The van der Waals surface area contributed by atoms with Gasteiger partial charge < -0.3 is 10.1 Å². The summed E-state index contributed by atoms with van der Waals surface area (Å²) in [4.78, 5) is 25.8. The number of aromatic amines is 1. The van der Waals surface area contributed by atoms with Crippen LogP contribution in [-0.4, -0.2) is 27.8 Å². The third-order valence-corrected chi connectivity index (χ3v) is 2.64. The Bertz CT molecular complexity index is 571. The number of para-hydroxylation sites is 1. The number of carbonyl (C=O) groups is 2. The number of aromatic nitrogens is 1. The quantitative estimate of drug-likeness (QED) is 0.786. The Morgan fingerprint density at radius 2 is 2.06 bits per heavy atom. The summed E-state index contributed by atoms with van der Waals surface area (Å²) in [7, 11) is 0. The monoisotopic (exact) mass is 231 g/mol. The van der Waals surface area contributed by atoms with Crippen molar-refractivity contribution in [1.29, 1.82) is 0 Å². The van der Waals surface area contributed by atoms with Gasteiger partial charge in [-0.05, 0) is 13.0 Å². The van der Waals surface area contributed by atoms with Crippen LogP contribution < -0.4 is 0 Å². The highest BCUT2D eigenvalue weighted by molar-refractivity contribution is 6.10. The van der Waals surface area contributed by atoms with Crippen molar-refractivity contribution >= 4 is 22.5 Å². The van der Waals surface area contributed by atoms with Crippen LogP contribution in [0.5, 0.6) is 0 Å². The lowest BCUT2D eigenvalue weighted by Gasteiger charge is -2.06. The maximum Gasteiger partial charge on any atom is 0.193 e. The molecular weight excluding hydrogens is 218 g/mol. The maximum atomic E-state index is 11.9. The van der Waals surface area contributed by atoms with Crippen LogP contribution in [0.1, 0.15) is 23.7 Å². The van der Waals surface area contributed by atoms with E-state index in [-0.39, 0.29) is 12.2 Å². The molecule has 0 aliphatic heterocycles. The Hall–Kier alpha value is -1.94. The second-order valence-electron chi connectivity index (χ2n) is 4.03. The Kier molecular flexibility index (Phi) is 3.06. The molecule has 4 heteroatoms. The number of aliphatic hydroxyl groups is 1. The van der Waals surface area contributed by atoms with E-state index < -0.39 is 11.9 Å². The van der Waals surface area contributed by atoms with Crippen LogP contribution >= 0.6 is 0 Å². The topological polar surface area (TPSA) is 70.2 Å². The average molecular weight is 231 g/mol.